The van der Waals surface area contributed by atoms with Crippen molar-refractivity contribution in [2.24, 2.45) is 5.92 Å². The molecule has 3 nitrogen and oxygen atoms in total. The third kappa shape index (κ3) is 3.97. The molecule has 0 radical (unpaired) electrons. The smallest absolute Gasteiger partial charge is 0.107 e. The monoisotopic (exact) mass is 223 g/mol. The molecule has 0 aliphatic heterocycles. The van der Waals surface area contributed by atoms with Gasteiger partial charge in [0.25, 0.3) is 0 Å². The molecule has 2 N–H and O–H groups in total. The molecular formula is C13H25N3. The quantitative estimate of drug-likeness (QED) is 0.711. The van der Waals surface area contributed by atoms with E-state index in [0.29, 0.717) is 6.04 Å². The van der Waals surface area contributed by atoms with Gasteiger partial charge >= 0.3 is 0 Å². The summed E-state index contributed by atoms with van der Waals surface area (Å²) in [5.41, 5.74) is 0. The standard InChI is InChI=1S/C13H25N3/c1-4-6-7-11(5-2)12(14-3)10-13-15-8-9-16-13/h8-9,11-12,14H,4-7,10H2,1-3H3,(H,15,16). The minimum absolute atomic E-state index is 0.544. The van der Waals surface area contributed by atoms with E-state index in [-0.39, 0.29) is 0 Å². The third-order valence-electron chi connectivity index (χ3n) is 3.36. The number of nitrogens with zero attached hydrogens (tertiary/aromatic N) is 1. The molecule has 0 fully saturated rings. The summed E-state index contributed by atoms with van der Waals surface area (Å²) in [4.78, 5) is 7.49. The lowest BCUT2D eigenvalue weighted by atomic mass is 9.89. The average Bonchev–Trinajstić information content (AvgIpc) is 2.81. The lowest BCUT2D eigenvalue weighted by Crippen LogP contribution is -2.35. The molecule has 1 aromatic rings. The molecule has 16 heavy (non-hydrogen) atoms. The molecule has 1 heterocycles. The molecule has 0 aromatic carbocycles. The summed E-state index contributed by atoms with van der Waals surface area (Å²) in [6.45, 7) is 4.54. The highest BCUT2D eigenvalue weighted by atomic mass is 14.9. The van der Waals surface area contributed by atoms with E-state index in [1.807, 2.05) is 12.4 Å². The number of hydrogen-bond donors (Lipinski definition) is 2. The lowest BCUT2D eigenvalue weighted by molar-refractivity contribution is 0.327. The van der Waals surface area contributed by atoms with Crippen molar-refractivity contribution >= 4 is 0 Å². The van der Waals surface area contributed by atoms with Crippen LogP contribution in [0.5, 0.6) is 0 Å². The van der Waals surface area contributed by atoms with Gasteiger partial charge < -0.3 is 10.3 Å². The molecule has 3 heteroatoms. The second-order valence-electron chi connectivity index (χ2n) is 4.45. The predicted molar refractivity (Wildman–Crippen MR) is 68.4 cm³/mol. The zero-order valence-corrected chi connectivity index (χ0v) is 10.8. The van der Waals surface area contributed by atoms with E-state index in [0.717, 1.165) is 18.2 Å². The van der Waals surface area contributed by atoms with Gasteiger partial charge in [0.05, 0.1) is 0 Å². The molecule has 0 saturated heterocycles. The molecule has 0 aliphatic rings. The molecule has 0 amide bonds. The molecule has 0 saturated carbocycles. The fourth-order valence-corrected chi connectivity index (χ4v) is 2.28. The maximum atomic E-state index is 4.31. The fourth-order valence-electron chi connectivity index (χ4n) is 2.28. The first-order valence-corrected chi connectivity index (χ1v) is 6.47. The Morgan fingerprint density at radius 1 is 1.44 bits per heavy atom. The van der Waals surface area contributed by atoms with Crippen LogP contribution in [0.4, 0.5) is 0 Å². The lowest BCUT2D eigenvalue weighted by Gasteiger charge is -2.25. The summed E-state index contributed by atoms with van der Waals surface area (Å²) in [5.74, 6) is 1.85. The van der Waals surface area contributed by atoms with Gasteiger partial charge in [0.2, 0.25) is 0 Å². The van der Waals surface area contributed by atoms with E-state index < -0.39 is 0 Å². The van der Waals surface area contributed by atoms with Gasteiger partial charge in [-0.1, -0.05) is 33.1 Å². The number of unbranched alkanes of at least 4 members (excludes halogenated alkanes) is 1. The number of H-pyrrole nitrogens is 1. The van der Waals surface area contributed by atoms with Crippen molar-refractivity contribution in [3.05, 3.63) is 18.2 Å². The first-order chi connectivity index (χ1) is 7.81. The van der Waals surface area contributed by atoms with E-state index in [4.69, 9.17) is 0 Å². The van der Waals surface area contributed by atoms with Gasteiger partial charge in [-0.2, -0.15) is 0 Å². The minimum atomic E-state index is 0.544. The number of imidazole rings is 1. The number of nitrogens with one attached hydrogen (secondary N) is 2. The van der Waals surface area contributed by atoms with Crippen molar-refractivity contribution in [1.29, 1.82) is 0 Å². The van der Waals surface area contributed by atoms with Crippen molar-refractivity contribution in [3.63, 3.8) is 0 Å². The van der Waals surface area contributed by atoms with Crippen LogP contribution in [0.3, 0.4) is 0 Å². The van der Waals surface area contributed by atoms with Crippen molar-refractivity contribution in [1.82, 2.24) is 15.3 Å². The third-order valence-corrected chi connectivity index (χ3v) is 3.36. The molecule has 1 rings (SSSR count). The molecule has 0 bridgehead atoms. The van der Waals surface area contributed by atoms with Crippen molar-refractivity contribution in [2.75, 3.05) is 7.05 Å². The molecule has 0 aliphatic carbocycles. The first-order valence-electron chi connectivity index (χ1n) is 6.47. The van der Waals surface area contributed by atoms with Crippen LogP contribution in [0.15, 0.2) is 12.4 Å². The summed E-state index contributed by atoms with van der Waals surface area (Å²) in [6.07, 6.45) is 9.91. The molecular weight excluding hydrogens is 198 g/mol. The summed E-state index contributed by atoms with van der Waals surface area (Å²) in [5, 5.41) is 3.44. The van der Waals surface area contributed by atoms with Crippen LogP contribution in [0.1, 0.15) is 45.4 Å². The van der Waals surface area contributed by atoms with Crippen molar-refractivity contribution in [2.45, 2.75) is 52.0 Å². The highest BCUT2D eigenvalue weighted by Gasteiger charge is 2.18. The Bertz CT molecular complexity index is 256. The zero-order chi connectivity index (χ0) is 11.8. The number of aromatic amines is 1. The van der Waals surface area contributed by atoms with Crippen molar-refractivity contribution < 1.29 is 0 Å². The van der Waals surface area contributed by atoms with Crippen LogP contribution >= 0.6 is 0 Å². The second kappa shape index (κ2) is 7.44. The number of likely N-dealkylation sites (N-methyl/N-ethyl adjacent to an activating group) is 1. The van der Waals surface area contributed by atoms with Gasteiger partial charge in [-0.05, 0) is 19.4 Å². The summed E-state index contributed by atoms with van der Waals surface area (Å²) < 4.78 is 0. The van der Waals surface area contributed by atoms with Gasteiger partial charge in [-0.3, -0.25) is 0 Å². The molecule has 2 atom stereocenters. The van der Waals surface area contributed by atoms with Crippen LogP contribution in [-0.4, -0.2) is 23.1 Å². The highest BCUT2D eigenvalue weighted by Crippen LogP contribution is 2.19. The number of hydrogen-bond acceptors (Lipinski definition) is 2. The SMILES string of the molecule is CCCCC(CC)C(Cc1ncc[nH]1)NC. The van der Waals surface area contributed by atoms with Gasteiger partial charge in [0.1, 0.15) is 5.82 Å². The summed E-state index contributed by atoms with van der Waals surface area (Å²) in [7, 11) is 2.06. The first kappa shape index (κ1) is 13.2. The van der Waals surface area contributed by atoms with Crippen LogP contribution in [0, 0.1) is 5.92 Å². The summed E-state index contributed by atoms with van der Waals surface area (Å²) in [6, 6.07) is 0.544. The Kier molecular flexibility index (Phi) is 6.16. The topological polar surface area (TPSA) is 40.7 Å². The Balaban J connectivity index is 2.49. The Labute approximate surface area is 99.1 Å². The Morgan fingerprint density at radius 3 is 2.75 bits per heavy atom. The van der Waals surface area contributed by atoms with E-state index in [2.05, 4.69) is 36.2 Å². The minimum Gasteiger partial charge on any atom is -0.349 e. The van der Waals surface area contributed by atoms with Gasteiger partial charge in [0.15, 0.2) is 0 Å². The predicted octanol–water partition coefficient (Wildman–Crippen LogP) is 2.76. The molecule has 2 unspecified atom stereocenters. The van der Waals surface area contributed by atoms with E-state index in [1.54, 1.807) is 0 Å². The zero-order valence-electron chi connectivity index (χ0n) is 10.8. The molecule has 0 spiro atoms. The van der Waals surface area contributed by atoms with Crippen molar-refractivity contribution in [3.8, 4) is 0 Å². The Hall–Kier alpha value is -0.830. The number of aromatic nitrogens is 2. The maximum absolute atomic E-state index is 4.31. The van der Waals surface area contributed by atoms with Crippen LogP contribution in [0.2, 0.25) is 0 Å². The Morgan fingerprint density at radius 2 is 2.25 bits per heavy atom. The largest absolute Gasteiger partial charge is 0.349 e. The molecule has 1 aromatic heterocycles. The normalized spacial score (nSPS) is 14.9. The van der Waals surface area contributed by atoms with Crippen LogP contribution in [-0.2, 0) is 6.42 Å². The highest BCUT2D eigenvalue weighted by molar-refractivity contribution is 4.92. The average molecular weight is 223 g/mol. The van der Waals surface area contributed by atoms with Crippen LogP contribution < -0.4 is 5.32 Å². The second-order valence-corrected chi connectivity index (χ2v) is 4.45. The van der Waals surface area contributed by atoms with Gasteiger partial charge in [-0.25, -0.2) is 4.98 Å². The number of rotatable bonds is 8. The van der Waals surface area contributed by atoms with E-state index >= 15 is 0 Å². The summed E-state index contributed by atoms with van der Waals surface area (Å²) >= 11 is 0. The van der Waals surface area contributed by atoms with Crippen LogP contribution in [0.25, 0.3) is 0 Å². The fraction of sp³-hybridized carbons (Fsp3) is 0.769. The maximum Gasteiger partial charge on any atom is 0.107 e. The molecule has 92 valence electrons. The van der Waals surface area contributed by atoms with E-state index in [9.17, 15) is 0 Å². The van der Waals surface area contributed by atoms with Gasteiger partial charge in [-0.15, -0.1) is 0 Å². The van der Waals surface area contributed by atoms with Gasteiger partial charge in [0, 0.05) is 24.9 Å². The van der Waals surface area contributed by atoms with E-state index in [1.165, 1.54) is 25.7 Å².